The number of amides is 1. The number of carbonyl (C=O) groups excluding carboxylic acids is 1. The fourth-order valence-corrected chi connectivity index (χ4v) is 4.25. The van der Waals surface area contributed by atoms with E-state index in [1.165, 1.54) is 5.56 Å². The molecule has 0 saturated carbocycles. The molecular weight excluding hydrogens is 368 g/mol. The number of hydrogen-bond acceptors (Lipinski definition) is 5. The predicted octanol–water partition coefficient (Wildman–Crippen LogP) is 2.06. The van der Waals surface area contributed by atoms with Crippen molar-refractivity contribution in [2.75, 3.05) is 26.7 Å². The van der Waals surface area contributed by atoms with Crippen molar-refractivity contribution in [2.45, 2.75) is 45.2 Å². The third kappa shape index (κ3) is 4.19. The minimum atomic E-state index is -0.0373. The van der Waals surface area contributed by atoms with Crippen molar-refractivity contribution in [3.05, 3.63) is 57.3 Å². The molecule has 1 aromatic carbocycles. The molecule has 2 aromatic rings. The number of H-pyrrole nitrogens is 1. The van der Waals surface area contributed by atoms with E-state index in [1.54, 1.807) is 7.11 Å². The van der Waals surface area contributed by atoms with Gasteiger partial charge >= 0.3 is 0 Å². The summed E-state index contributed by atoms with van der Waals surface area (Å²) in [7, 11) is 1.66. The second-order valence-corrected chi connectivity index (χ2v) is 7.86. The van der Waals surface area contributed by atoms with Gasteiger partial charge in [0.05, 0.1) is 18.4 Å². The SMILES string of the molecule is CCC(=O)N1CC[C@@H](c2nc3c(c(=O)[nH]2)CN(Cc2ccc(OC)cc2)CC3)C1. The molecule has 29 heavy (non-hydrogen) atoms. The van der Waals surface area contributed by atoms with Crippen LogP contribution >= 0.6 is 0 Å². The average molecular weight is 396 g/mol. The second kappa shape index (κ2) is 8.37. The van der Waals surface area contributed by atoms with Gasteiger partial charge in [-0.15, -0.1) is 0 Å². The molecule has 0 aliphatic carbocycles. The van der Waals surface area contributed by atoms with Gasteiger partial charge in [-0.2, -0.15) is 0 Å². The maximum absolute atomic E-state index is 12.8. The fourth-order valence-electron chi connectivity index (χ4n) is 4.25. The lowest BCUT2D eigenvalue weighted by Gasteiger charge is -2.28. The topological polar surface area (TPSA) is 78.5 Å². The molecule has 0 bridgehead atoms. The molecular formula is C22H28N4O3. The van der Waals surface area contributed by atoms with Crippen molar-refractivity contribution in [2.24, 2.45) is 0 Å². The van der Waals surface area contributed by atoms with Gasteiger partial charge in [0.25, 0.3) is 5.56 Å². The van der Waals surface area contributed by atoms with E-state index >= 15 is 0 Å². The van der Waals surface area contributed by atoms with Gasteiger partial charge in [-0.1, -0.05) is 19.1 Å². The Kier molecular flexibility index (Phi) is 5.67. The van der Waals surface area contributed by atoms with Gasteiger partial charge < -0.3 is 14.6 Å². The van der Waals surface area contributed by atoms with Crippen LogP contribution in [-0.4, -0.2) is 52.4 Å². The quantitative estimate of drug-likeness (QED) is 0.837. The summed E-state index contributed by atoms with van der Waals surface area (Å²) >= 11 is 0. The zero-order valence-electron chi connectivity index (χ0n) is 17.1. The lowest BCUT2D eigenvalue weighted by atomic mass is 10.0. The van der Waals surface area contributed by atoms with Gasteiger partial charge in [0, 0.05) is 51.5 Å². The number of aromatic amines is 1. The minimum Gasteiger partial charge on any atom is -0.497 e. The number of carbonyl (C=O) groups is 1. The third-order valence-electron chi connectivity index (χ3n) is 5.96. The highest BCUT2D eigenvalue weighted by Gasteiger charge is 2.30. The fraction of sp³-hybridized carbons (Fsp3) is 0.500. The van der Waals surface area contributed by atoms with Crippen molar-refractivity contribution in [3.8, 4) is 5.75 Å². The summed E-state index contributed by atoms with van der Waals surface area (Å²) in [6.45, 7) is 5.55. The van der Waals surface area contributed by atoms with Crippen LogP contribution < -0.4 is 10.3 Å². The zero-order chi connectivity index (χ0) is 20.4. The zero-order valence-corrected chi connectivity index (χ0v) is 17.1. The average Bonchev–Trinajstić information content (AvgIpc) is 3.24. The molecule has 7 heteroatoms. The van der Waals surface area contributed by atoms with Crippen LogP contribution in [0.3, 0.4) is 0 Å². The molecule has 1 fully saturated rings. The molecule has 4 rings (SSSR count). The first-order valence-electron chi connectivity index (χ1n) is 10.3. The number of nitrogens with one attached hydrogen (secondary N) is 1. The normalized spacial score (nSPS) is 19.2. The molecule has 3 heterocycles. The van der Waals surface area contributed by atoms with E-state index in [1.807, 2.05) is 24.0 Å². The largest absolute Gasteiger partial charge is 0.497 e. The van der Waals surface area contributed by atoms with Gasteiger partial charge in [0.1, 0.15) is 11.6 Å². The summed E-state index contributed by atoms with van der Waals surface area (Å²) in [6, 6.07) is 8.04. The van der Waals surface area contributed by atoms with Crippen LogP contribution in [0.4, 0.5) is 0 Å². The first-order chi connectivity index (χ1) is 14.1. The van der Waals surface area contributed by atoms with Crippen LogP contribution in [0.25, 0.3) is 0 Å². The summed E-state index contributed by atoms with van der Waals surface area (Å²) < 4.78 is 5.21. The van der Waals surface area contributed by atoms with Crippen molar-refractivity contribution < 1.29 is 9.53 Å². The molecule has 154 valence electrons. The van der Waals surface area contributed by atoms with Gasteiger partial charge in [0.15, 0.2) is 0 Å². The molecule has 0 spiro atoms. The third-order valence-corrected chi connectivity index (χ3v) is 5.96. The summed E-state index contributed by atoms with van der Waals surface area (Å²) in [4.78, 5) is 36.7. The number of methoxy groups -OCH3 is 1. The number of hydrogen-bond donors (Lipinski definition) is 1. The van der Waals surface area contributed by atoms with Gasteiger partial charge in [0.2, 0.25) is 5.91 Å². The number of ether oxygens (including phenoxy) is 1. The first-order valence-corrected chi connectivity index (χ1v) is 10.3. The van der Waals surface area contributed by atoms with Crippen molar-refractivity contribution in [3.63, 3.8) is 0 Å². The van der Waals surface area contributed by atoms with Crippen LogP contribution in [-0.2, 0) is 24.3 Å². The van der Waals surface area contributed by atoms with E-state index in [0.717, 1.165) is 55.3 Å². The van der Waals surface area contributed by atoms with Crippen LogP contribution in [0, 0.1) is 0 Å². The standard InChI is InChI=1S/C22H28N4O3/c1-3-20(27)26-11-8-16(13-26)21-23-19-9-10-25(14-18(19)22(28)24-21)12-15-4-6-17(29-2)7-5-15/h4-7,16H,3,8-14H2,1-2H3,(H,23,24,28)/t16-/m1/s1. The van der Waals surface area contributed by atoms with E-state index < -0.39 is 0 Å². The Balaban J connectivity index is 1.45. The lowest BCUT2D eigenvalue weighted by Crippen LogP contribution is -2.36. The van der Waals surface area contributed by atoms with Crippen LogP contribution in [0.5, 0.6) is 5.75 Å². The van der Waals surface area contributed by atoms with Crippen LogP contribution in [0.2, 0.25) is 0 Å². The Hall–Kier alpha value is -2.67. The Bertz CT molecular complexity index is 938. The summed E-state index contributed by atoms with van der Waals surface area (Å²) in [5.41, 5.74) is 2.84. The van der Waals surface area contributed by atoms with Crippen LogP contribution in [0.15, 0.2) is 29.1 Å². The number of likely N-dealkylation sites (tertiary alicyclic amines) is 1. The van der Waals surface area contributed by atoms with E-state index in [9.17, 15) is 9.59 Å². The summed E-state index contributed by atoms with van der Waals surface area (Å²) in [5.74, 6) is 1.88. The monoisotopic (exact) mass is 396 g/mol. The van der Waals surface area contributed by atoms with E-state index in [-0.39, 0.29) is 17.4 Å². The number of fused-ring (bicyclic) bond motifs is 1. The lowest BCUT2D eigenvalue weighted by molar-refractivity contribution is -0.129. The van der Waals surface area contributed by atoms with E-state index in [4.69, 9.17) is 9.72 Å². The minimum absolute atomic E-state index is 0.0373. The molecule has 2 aliphatic heterocycles. The summed E-state index contributed by atoms with van der Waals surface area (Å²) in [5, 5.41) is 0. The maximum atomic E-state index is 12.8. The molecule has 0 unspecified atom stereocenters. The molecule has 0 radical (unpaired) electrons. The first kappa shape index (κ1) is 19.6. The maximum Gasteiger partial charge on any atom is 0.255 e. The van der Waals surface area contributed by atoms with Gasteiger partial charge in [-0.25, -0.2) is 4.98 Å². The Labute approximate surface area is 170 Å². The van der Waals surface area contributed by atoms with Crippen molar-refractivity contribution >= 4 is 5.91 Å². The smallest absolute Gasteiger partial charge is 0.255 e. The molecule has 1 aromatic heterocycles. The number of benzene rings is 1. The second-order valence-electron chi connectivity index (χ2n) is 7.86. The van der Waals surface area contributed by atoms with Crippen molar-refractivity contribution in [1.82, 2.24) is 19.8 Å². The van der Waals surface area contributed by atoms with Gasteiger partial charge in [-0.3, -0.25) is 14.5 Å². The highest BCUT2D eigenvalue weighted by atomic mass is 16.5. The molecule has 1 amide bonds. The highest BCUT2D eigenvalue weighted by Crippen LogP contribution is 2.26. The Morgan fingerprint density at radius 3 is 2.79 bits per heavy atom. The summed E-state index contributed by atoms with van der Waals surface area (Å²) in [6.07, 6.45) is 2.15. The van der Waals surface area contributed by atoms with Gasteiger partial charge in [-0.05, 0) is 24.1 Å². The molecule has 1 saturated heterocycles. The van der Waals surface area contributed by atoms with E-state index in [0.29, 0.717) is 19.5 Å². The molecule has 1 atom stereocenters. The van der Waals surface area contributed by atoms with Crippen molar-refractivity contribution in [1.29, 1.82) is 0 Å². The predicted molar refractivity (Wildman–Crippen MR) is 110 cm³/mol. The number of aromatic nitrogens is 2. The number of rotatable bonds is 5. The van der Waals surface area contributed by atoms with E-state index in [2.05, 4.69) is 22.0 Å². The number of nitrogens with zero attached hydrogens (tertiary/aromatic N) is 3. The Morgan fingerprint density at radius 1 is 1.28 bits per heavy atom. The molecule has 7 nitrogen and oxygen atoms in total. The highest BCUT2D eigenvalue weighted by molar-refractivity contribution is 5.76. The molecule has 1 N–H and O–H groups in total. The van der Waals surface area contributed by atoms with Crippen LogP contribution in [0.1, 0.15) is 48.3 Å². The molecule has 2 aliphatic rings. The Morgan fingerprint density at radius 2 is 2.07 bits per heavy atom.